The summed E-state index contributed by atoms with van der Waals surface area (Å²) < 4.78 is 8.59. The van der Waals surface area contributed by atoms with E-state index < -0.39 is 0 Å². The maximum Gasteiger partial charge on any atom is 0.277 e. The monoisotopic (exact) mass is 402 g/mol. The summed E-state index contributed by atoms with van der Waals surface area (Å²) in [5, 5.41) is 4.32. The average molecular weight is 402 g/mol. The molecule has 3 heterocycles. The quantitative estimate of drug-likeness (QED) is 0.526. The van der Waals surface area contributed by atoms with Crippen LogP contribution in [0.25, 0.3) is 16.6 Å². The molecule has 1 fully saturated rings. The number of benzene rings is 2. The lowest BCUT2D eigenvalue weighted by molar-refractivity contribution is 0.0793. The zero-order valence-electron chi connectivity index (χ0n) is 16.7. The molecule has 0 radical (unpaired) electrons. The SMILES string of the molecule is COc1ccc(Cn2c(=O)c3ccnn3c3ccc(C(=O)N4CCCC4)cc32)cc1. The van der Waals surface area contributed by atoms with Crippen LogP contribution in [-0.2, 0) is 6.54 Å². The van der Waals surface area contributed by atoms with Crippen molar-refractivity contribution in [2.45, 2.75) is 19.4 Å². The van der Waals surface area contributed by atoms with Gasteiger partial charge in [-0.05, 0) is 54.8 Å². The Morgan fingerprint density at radius 3 is 2.50 bits per heavy atom. The van der Waals surface area contributed by atoms with Crippen molar-refractivity contribution in [3.05, 3.63) is 76.2 Å². The molecule has 2 aromatic carbocycles. The molecule has 1 saturated heterocycles. The van der Waals surface area contributed by atoms with Gasteiger partial charge in [-0.1, -0.05) is 12.1 Å². The fourth-order valence-corrected chi connectivity index (χ4v) is 4.13. The van der Waals surface area contributed by atoms with Gasteiger partial charge in [0, 0.05) is 18.7 Å². The molecule has 2 aromatic heterocycles. The van der Waals surface area contributed by atoms with Crippen LogP contribution in [-0.4, -0.2) is 45.2 Å². The minimum absolute atomic E-state index is 0.0124. The Labute approximate surface area is 173 Å². The first kappa shape index (κ1) is 18.4. The number of hydrogen-bond acceptors (Lipinski definition) is 4. The number of aromatic nitrogens is 3. The molecule has 0 unspecified atom stereocenters. The fourth-order valence-electron chi connectivity index (χ4n) is 4.13. The summed E-state index contributed by atoms with van der Waals surface area (Å²) in [4.78, 5) is 28.1. The van der Waals surface area contributed by atoms with Crippen molar-refractivity contribution in [2.24, 2.45) is 0 Å². The summed E-state index contributed by atoms with van der Waals surface area (Å²) in [6.07, 6.45) is 3.70. The first-order chi connectivity index (χ1) is 14.7. The summed E-state index contributed by atoms with van der Waals surface area (Å²) in [5.41, 5.74) is 3.42. The van der Waals surface area contributed by atoms with Crippen LogP contribution in [0.15, 0.2) is 59.5 Å². The Balaban J connectivity index is 1.67. The van der Waals surface area contributed by atoms with Gasteiger partial charge in [0.1, 0.15) is 11.3 Å². The number of rotatable bonds is 4. The smallest absolute Gasteiger partial charge is 0.277 e. The van der Waals surface area contributed by atoms with Crippen LogP contribution in [0.3, 0.4) is 0 Å². The van der Waals surface area contributed by atoms with Crippen molar-refractivity contribution in [1.82, 2.24) is 19.1 Å². The minimum atomic E-state index is -0.137. The normalized spacial score (nSPS) is 14.0. The van der Waals surface area contributed by atoms with Gasteiger partial charge >= 0.3 is 0 Å². The lowest BCUT2D eigenvalue weighted by atomic mass is 10.1. The largest absolute Gasteiger partial charge is 0.497 e. The number of nitrogens with zero attached hydrogens (tertiary/aromatic N) is 4. The standard InChI is InChI=1S/C23H22N4O3/c1-30-18-7-4-16(5-8-18)15-26-21-14-17(22(28)25-12-2-3-13-25)6-9-19(21)27-20(23(26)29)10-11-24-27/h4-11,14H,2-3,12-13,15H2,1H3. The van der Waals surface area contributed by atoms with Gasteiger partial charge in [0.2, 0.25) is 0 Å². The Morgan fingerprint density at radius 1 is 1.00 bits per heavy atom. The predicted molar refractivity (Wildman–Crippen MR) is 114 cm³/mol. The molecule has 7 nitrogen and oxygen atoms in total. The van der Waals surface area contributed by atoms with Gasteiger partial charge in [-0.2, -0.15) is 5.10 Å². The van der Waals surface area contributed by atoms with Crippen molar-refractivity contribution in [3.8, 4) is 5.75 Å². The second-order valence-corrected chi connectivity index (χ2v) is 7.57. The van der Waals surface area contributed by atoms with E-state index >= 15 is 0 Å². The highest BCUT2D eigenvalue weighted by atomic mass is 16.5. The number of fused-ring (bicyclic) bond motifs is 3. The zero-order chi connectivity index (χ0) is 20.7. The summed E-state index contributed by atoms with van der Waals surface area (Å²) in [6.45, 7) is 1.96. The van der Waals surface area contributed by atoms with Crippen LogP contribution in [0, 0.1) is 0 Å². The van der Waals surface area contributed by atoms with Gasteiger partial charge in [-0.15, -0.1) is 0 Å². The predicted octanol–water partition coefficient (Wildman–Crippen LogP) is 2.94. The Kier molecular flexibility index (Phi) is 4.50. The highest BCUT2D eigenvalue weighted by Gasteiger charge is 2.21. The van der Waals surface area contributed by atoms with Crippen LogP contribution < -0.4 is 10.3 Å². The molecule has 152 valence electrons. The van der Waals surface area contributed by atoms with Gasteiger partial charge in [0.15, 0.2) is 0 Å². The third kappa shape index (κ3) is 3.03. The van der Waals surface area contributed by atoms with Gasteiger partial charge in [-0.25, -0.2) is 4.52 Å². The van der Waals surface area contributed by atoms with E-state index in [1.165, 1.54) is 0 Å². The second kappa shape index (κ2) is 7.33. The fraction of sp³-hybridized carbons (Fsp3) is 0.261. The van der Waals surface area contributed by atoms with E-state index in [1.54, 1.807) is 28.5 Å². The molecule has 0 bridgehead atoms. The number of likely N-dealkylation sites (tertiary alicyclic amines) is 1. The lowest BCUT2D eigenvalue weighted by Crippen LogP contribution is -2.28. The number of ether oxygens (including phenoxy) is 1. The number of carbonyl (C=O) groups is 1. The van der Waals surface area contributed by atoms with Crippen molar-refractivity contribution < 1.29 is 9.53 Å². The maximum atomic E-state index is 13.3. The van der Waals surface area contributed by atoms with E-state index in [1.807, 2.05) is 47.4 Å². The van der Waals surface area contributed by atoms with Crippen molar-refractivity contribution >= 4 is 22.5 Å². The summed E-state index contributed by atoms with van der Waals surface area (Å²) in [7, 11) is 1.62. The first-order valence-corrected chi connectivity index (χ1v) is 10.1. The van der Waals surface area contributed by atoms with E-state index in [4.69, 9.17) is 4.74 Å². The number of hydrogen-bond donors (Lipinski definition) is 0. The number of amides is 1. The summed E-state index contributed by atoms with van der Waals surface area (Å²) in [5.74, 6) is 0.777. The van der Waals surface area contributed by atoms with Crippen LogP contribution in [0.4, 0.5) is 0 Å². The first-order valence-electron chi connectivity index (χ1n) is 10.1. The maximum absolute atomic E-state index is 13.3. The lowest BCUT2D eigenvalue weighted by Gasteiger charge is -2.17. The molecule has 0 atom stereocenters. The van der Waals surface area contributed by atoms with Crippen LogP contribution in [0.5, 0.6) is 5.75 Å². The molecule has 1 aliphatic rings. The number of carbonyl (C=O) groups excluding carboxylic acids is 1. The molecule has 30 heavy (non-hydrogen) atoms. The van der Waals surface area contributed by atoms with Gasteiger partial charge in [0.25, 0.3) is 11.5 Å². The van der Waals surface area contributed by atoms with Crippen LogP contribution in [0.2, 0.25) is 0 Å². The molecule has 4 aromatic rings. The molecule has 0 N–H and O–H groups in total. The van der Waals surface area contributed by atoms with Gasteiger partial charge in [-0.3, -0.25) is 9.59 Å². The summed E-state index contributed by atoms with van der Waals surface area (Å²) in [6, 6.07) is 14.9. The van der Waals surface area contributed by atoms with Crippen molar-refractivity contribution in [2.75, 3.05) is 20.2 Å². The molecule has 7 heteroatoms. The Hall–Kier alpha value is -3.61. The number of methoxy groups -OCH3 is 1. The van der Waals surface area contributed by atoms with Gasteiger partial charge < -0.3 is 14.2 Å². The average Bonchev–Trinajstić information content (AvgIpc) is 3.49. The van der Waals surface area contributed by atoms with E-state index in [0.717, 1.165) is 42.8 Å². The Morgan fingerprint density at radius 2 is 1.77 bits per heavy atom. The van der Waals surface area contributed by atoms with Gasteiger partial charge in [0.05, 0.1) is 30.9 Å². The van der Waals surface area contributed by atoms with Crippen molar-refractivity contribution in [3.63, 3.8) is 0 Å². The molecule has 1 aliphatic heterocycles. The van der Waals surface area contributed by atoms with E-state index in [9.17, 15) is 9.59 Å². The highest BCUT2D eigenvalue weighted by molar-refractivity contribution is 5.97. The molecule has 0 aliphatic carbocycles. The summed E-state index contributed by atoms with van der Waals surface area (Å²) >= 11 is 0. The molecular formula is C23H22N4O3. The molecule has 0 saturated carbocycles. The van der Waals surface area contributed by atoms with E-state index in [0.29, 0.717) is 23.1 Å². The second-order valence-electron chi connectivity index (χ2n) is 7.57. The molecule has 1 amide bonds. The van der Waals surface area contributed by atoms with E-state index in [-0.39, 0.29) is 11.5 Å². The molecule has 5 rings (SSSR count). The van der Waals surface area contributed by atoms with Crippen molar-refractivity contribution in [1.29, 1.82) is 0 Å². The van der Waals surface area contributed by atoms with Crippen LogP contribution >= 0.6 is 0 Å². The topological polar surface area (TPSA) is 68.8 Å². The zero-order valence-corrected chi connectivity index (χ0v) is 16.7. The highest BCUT2D eigenvalue weighted by Crippen LogP contribution is 2.21. The molecular weight excluding hydrogens is 380 g/mol. The van der Waals surface area contributed by atoms with Crippen LogP contribution in [0.1, 0.15) is 28.8 Å². The van der Waals surface area contributed by atoms with E-state index in [2.05, 4.69) is 5.10 Å². The third-order valence-electron chi connectivity index (χ3n) is 5.74. The third-order valence-corrected chi connectivity index (χ3v) is 5.74. The Bertz CT molecular complexity index is 1300. The minimum Gasteiger partial charge on any atom is -0.497 e. The molecule has 0 spiro atoms.